The van der Waals surface area contributed by atoms with E-state index in [9.17, 15) is 9.59 Å². The molecule has 1 rings (SSSR count). The summed E-state index contributed by atoms with van der Waals surface area (Å²) < 4.78 is 10.4. The summed E-state index contributed by atoms with van der Waals surface area (Å²) >= 11 is 0. The molecule has 1 unspecified atom stereocenters. The fourth-order valence-electron chi connectivity index (χ4n) is 1.65. The predicted octanol–water partition coefficient (Wildman–Crippen LogP) is 2.32. The Morgan fingerprint density at radius 2 is 2.09 bits per heavy atom. The summed E-state index contributed by atoms with van der Waals surface area (Å²) in [6, 6.07) is 7.35. The predicted molar refractivity (Wildman–Crippen MR) is 81.8 cm³/mol. The maximum Gasteiger partial charge on any atom is 0.408 e. The molecule has 124 valence electrons. The number of alkyl carbamates (subject to hydrolysis) is 1. The summed E-state index contributed by atoms with van der Waals surface area (Å²) in [5, 5.41) is 20.3. The number of amides is 1. The van der Waals surface area contributed by atoms with Crippen molar-refractivity contribution in [1.29, 1.82) is 5.26 Å². The number of benzene rings is 1. The summed E-state index contributed by atoms with van der Waals surface area (Å²) in [4.78, 5) is 22.4. The lowest BCUT2D eigenvalue weighted by Gasteiger charge is -2.21. The number of carboxylic acids is 1. The molecule has 23 heavy (non-hydrogen) atoms. The van der Waals surface area contributed by atoms with Crippen LogP contribution in [-0.4, -0.2) is 35.4 Å². The van der Waals surface area contributed by atoms with Gasteiger partial charge < -0.3 is 19.9 Å². The highest BCUT2D eigenvalue weighted by Crippen LogP contribution is 2.08. The van der Waals surface area contributed by atoms with Gasteiger partial charge in [0.1, 0.15) is 11.6 Å². The van der Waals surface area contributed by atoms with Crippen LogP contribution in [0.25, 0.3) is 0 Å². The molecule has 0 saturated carbocycles. The minimum Gasteiger partial charge on any atom is -0.478 e. The number of carboxylic acid groups (broad SMARTS) is 1. The van der Waals surface area contributed by atoms with Gasteiger partial charge in [0, 0.05) is 0 Å². The molecule has 1 atom stereocenters. The summed E-state index contributed by atoms with van der Waals surface area (Å²) in [5.74, 6) is -1.02. The molecule has 0 aliphatic rings. The Balaban J connectivity index is 2.47. The zero-order valence-corrected chi connectivity index (χ0v) is 13.3. The first-order chi connectivity index (χ1) is 10.7. The van der Waals surface area contributed by atoms with Crippen LogP contribution in [0.5, 0.6) is 0 Å². The first-order valence-corrected chi connectivity index (χ1v) is 7.00. The Hall–Kier alpha value is -2.59. The summed E-state index contributed by atoms with van der Waals surface area (Å²) in [5.41, 5.74) is 0.177. The third-order valence-corrected chi connectivity index (χ3v) is 2.57. The van der Waals surface area contributed by atoms with E-state index < -0.39 is 23.7 Å². The topological polar surface area (TPSA) is 109 Å². The molecule has 7 heteroatoms. The van der Waals surface area contributed by atoms with Gasteiger partial charge in [-0.1, -0.05) is 12.1 Å². The molecule has 1 aromatic carbocycles. The number of ether oxygens (including phenoxy) is 2. The van der Waals surface area contributed by atoms with Crippen LogP contribution in [0.1, 0.15) is 36.7 Å². The van der Waals surface area contributed by atoms with Crippen molar-refractivity contribution in [3.8, 4) is 6.07 Å². The van der Waals surface area contributed by atoms with E-state index in [1.165, 1.54) is 12.1 Å². The highest BCUT2D eigenvalue weighted by Gasteiger charge is 2.19. The van der Waals surface area contributed by atoms with E-state index in [1.54, 1.807) is 32.9 Å². The van der Waals surface area contributed by atoms with Crippen LogP contribution < -0.4 is 5.32 Å². The molecular weight excluding hydrogens is 300 g/mol. The van der Waals surface area contributed by atoms with Gasteiger partial charge in [0.2, 0.25) is 0 Å². The van der Waals surface area contributed by atoms with Gasteiger partial charge in [-0.05, 0) is 38.5 Å². The first-order valence-electron chi connectivity index (χ1n) is 7.00. The molecular formula is C16H20N2O5. The molecule has 0 bridgehead atoms. The molecule has 0 spiro atoms. The Morgan fingerprint density at radius 1 is 1.39 bits per heavy atom. The SMILES string of the molecule is CC(C)(C)OC(=O)NC(C#N)COCc1cccc(C(=O)O)c1. The van der Waals surface area contributed by atoms with Crippen molar-refractivity contribution >= 4 is 12.1 Å². The molecule has 1 amide bonds. The number of nitrogens with zero attached hydrogens (tertiary/aromatic N) is 1. The minimum atomic E-state index is -1.02. The van der Waals surface area contributed by atoms with Crippen molar-refractivity contribution < 1.29 is 24.2 Å². The van der Waals surface area contributed by atoms with Gasteiger partial charge in [0.05, 0.1) is 24.8 Å². The van der Waals surface area contributed by atoms with Gasteiger partial charge in [-0.3, -0.25) is 0 Å². The van der Waals surface area contributed by atoms with Crippen molar-refractivity contribution in [2.75, 3.05) is 6.61 Å². The Bertz CT molecular complexity index is 601. The number of hydrogen-bond donors (Lipinski definition) is 2. The van der Waals surface area contributed by atoms with E-state index >= 15 is 0 Å². The quantitative estimate of drug-likeness (QED) is 0.832. The van der Waals surface area contributed by atoms with E-state index in [4.69, 9.17) is 19.8 Å². The lowest BCUT2D eigenvalue weighted by Crippen LogP contribution is -2.40. The maximum atomic E-state index is 11.6. The molecule has 0 aromatic heterocycles. The van der Waals surface area contributed by atoms with Crippen LogP contribution in [-0.2, 0) is 16.1 Å². The number of rotatable bonds is 6. The highest BCUT2D eigenvalue weighted by atomic mass is 16.6. The normalized spacial score (nSPS) is 12.1. The van der Waals surface area contributed by atoms with Crippen LogP contribution in [0.4, 0.5) is 4.79 Å². The van der Waals surface area contributed by atoms with E-state index in [-0.39, 0.29) is 18.8 Å². The fourth-order valence-corrected chi connectivity index (χ4v) is 1.65. The number of nitriles is 1. The lowest BCUT2D eigenvalue weighted by atomic mass is 10.1. The van der Waals surface area contributed by atoms with Gasteiger partial charge in [0.15, 0.2) is 0 Å². The van der Waals surface area contributed by atoms with Gasteiger partial charge >= 0.3 is 12.1 Å². The maximum absolute atomic E-state index is 11.6. The number of nitrogens with one attached hydrogen (secondary N) is 1. The summed E-state index contributed by atoms with van der Waals surface area (Å²) in [6.45, 7) is 5.27. The second-order valence-corrected chi connectivity index (χ2v) is 5.85. The Morgan fingerprint density at radius 3 is 2.65 bits per heavy atom. The van der Waals surface area contributed by atoms with E-state index in [2.05, 4.69) is 5.32 Å². The third kappa shape index (κ3) is 7.29. The minimum absolute atomic E-state index is 0.0347. The van der Waals surface area contributed by atoms with Crippen LogP contribution >= 0.6 is 0 Å². The Kier molecular flexibility index (Phi) is 6.54. The molecule has 0 heterocycles. The van der Waals surface area contributed by atoms with Crippen LogP contribution in [0.2, 0.25) is 0 Å². The number of aromatic carboxylic acids is 1. The number of hydrogen-bond acceptors (Lipinski definition) is 5. The van der Waals surface area contributed by atoms with Crippen molar-refractivity contribution in [3.05, 3.63) is 35.4 Å². The van der Waals surface area contributed by atoms with Crippen LogP contribution in [0.15, 0.2) is 24.3 Å². The molecule has 2 N–H and O–H groups in total. The van der Waals surface area contributed by atoms with Crippen LogP contribution in [0.3, 0.4) is 0 Å². The van der Waals surface area contributed by atoms with Crippen molar-refractivity contribution in [2.24, 2.45) is 0 Å². The lowest BCUT2D eigenvalue weighted by molar-refractivity contribution is 0.0461. The first kappa shape index (κ1) is 18.5. The second-order valence-electron chi connectivity index (χ2n) is 5.85. The molecule has 7 nitrogen and oxygen atoms in total. The van der Waals surface area contributed by atoms with E-state index in [0.717, 1.165) is 0 Å². The zero-order valence-electron chi connectivity index (χ0n) is 13.3. The highest BCUT2D eigenvalue weighted by molar-refractivity contribution is 5.87. The van der Waals surface area contributed by atoms with Gasteiger partial charge in [0.25, 0.3) is 0 Å². The van der Waals surface area contributed by atoms with Gasteiger partial charge in [-0.15, -0.1) is 0 Å². The molecule has 0 fully saturated rings. The number of carbonyl (C=O) groups is 2. The van der Waals surface area contributed by atoms with Crippen molar-refractivity contribution in [2.45, 2.75) is 39.0 Å². The van der Waals surface area contributed by atoms with Gasteiger partial charge in [-0.25, -0.2) is 9.59 Å². The monoisotopic (exact) mass is 320 g/mol. The van der Waals surface area contributed by atoms with Crippen LogP contribution in [0, 0.1) is 11.3 Å². The smallest absolute Gasteiger partial charge is 0.408 e. The largest absolute Gasteiger partial charge is 0.478 e. The molecule has 0 aliphatic carbocycles. The Labute approximate surface area is 134 Å². The molecule has 0 radical (unpaired) electrons. The van der Waals surface area contributed by atoms with Gasteiger partial charge in [-0.2, -0.15) is 5.26 Å². The molecule has 1 aromatic rings. The van der Waals surface area contributed by atoms with Crippen molar-refractivity contribution in [1.82, 2.24) is 5.32 Å². The van der Waals surface area contributed by atoms with E-state index in [0.29, 0.717) is 5.56 Å². The second kappa shape index (κ2) is 8.15. The standard InChI is InChI=1S/C16H20N2O5/c1-16(2,3)23-15(21)18-13(8-17)10-22-9-11-5-4-6-12(7-11)14(19)20/h4-7,13H,9-10H2,1-3H3,(H,18,21)(H,19,20). The average molecular weight is 320 g/mol. The number of carbonyl (C=O) groups excluding carboxylic acids is 1. The summed E-state index contributed by atoms with van der Waals surface area (Å²) in [6.07, 6.45) is -0.694. The molecule has 0 aliphatic heterocycles. The summed E-state index contributed by atoms with van der Waals surface area (Å²) in [7, 11) is 0. The van der Waals surface area contributed by atoms with E-state index in [1.807, 2.05) is 6.07 Å². The molecule has 0 saturated heterocycles. The fraction of sp³-hybridized carbons (Fsp3) is 0.438. The van der Waals surface area contributed by atoms with Crippen molar-refractivity contribution in [3.63, 3.8) is 0 Å². The zero-order chi connectivity index (χ0) is 17.5. The third-order valence-electron chi connectivity index (χ3n) is 2.57. The average Bonchev–Trinajstić information content (AvgIpc) is 2.44.